The predicted octanol–water partition coefficient (Wildman–Crippen LogP) is 0.946. The standard InChI is InChI=1S/C9H12N2O2/c10-8(1-2-9(12)13)7-3-5-11-6-4-7/h3-6,8H,1-2,10H2,(H,12,13). The van der Waals surface area contributed by atoms with Gasteiger partial charge in [-0.2, -0.15) is 0 Å². The highest BCUT2D eigenvalue weighted by Gasteiger charge is 2.07. The van der Waals surface area contributed by atoms with Gasteiger partial charge in [0.05, 0.1) is 0 Å². The van der Waals surface area contributed by atoms with Gasteiger partial charge in [-0.05, 0) is 24.1 Å². The molecule has 0 fully saturated rings. The first kappa shape index (κ1) is 9.67. The van der Waals surface area contributed by atoms with Crippen molar-refractivity contribution in [1.82, 2.24) is 4.98 Å². The van der Waals surface area contributed by atoms with Crippen molar-refractivity contribution in [2.75, 3.05) is 0 Å². The zero-order valence-corrected chi connectivity index (χ0v) is 7.18. The lowest BCUT2D eigenvalue weighted by Gasteiger charge is -2.09. The number of pyridine rings is 1. The summed E-state index contributed by atoms with van der Waals surface area (Å²) < 4.78 is 0. The molecule has 13 heavy (non-hydrogen) atoms. The van der Waals surface area contributed by atoms with Gasteiger partial charge in [-0.1, -0.05) is 0 Å². The lowest BCUT2D eigenvalue weighted by molar-refractivity contribution is -0.137. The van der Waals surface area contributed by atoms with Gasteiger partial charge in [-0.3, -0.25) is 9.78 Å². The van der Waals surface area contributed by atoms with Crippen LogP contribution >= 0.6 is 0 Å². The number of hydrogen-bond donors (Lipinski definition) is 2. The maximum absolute atomic E-state index is 10.3. The molecule has 3 N–H and O–H groups in total. The Balaban J connectivity index is 2.49. The van der Waals surface area contributed by atoms with E-state index in [2.05, 4.69) is 4.98 Å². The van der Waals surface area contributed by atoms with Crippen LogP contribution in [0.25, 0.3) is 0 Å². The Bertz CT molecular complexity index is 274. The molecule has 0 radical (unpaired) electrons. The van der Waals surface area contributed by atoms with Gasteiger partial charge < -0.3 is 10.8 Å². The largest absolute Gasteiger partial charge is 0.481 e. The number of carboxylic acids is 1. The van der Waals surface area contributed by atoms with Crippen LogP contribution in [-0.2, 0) is 4.79 Å². The molecule has 1 heterocycles. The molecule has 0 spiro atoms. The monoisotopic (exact) mass is 180 g/mol. The summed E-state index contributed by atoms with van der Waals surface area (Å²) in [6.45, 7) is 0. The van der Waals surface area contributed by atoms with Crippen molar-refractivity contribution in [2.45, 2.75) is 18.9 Å². The zero-order chi connectivity index (χ0) is 9.68. The van der Waals surface area contributed by atoms with Crippen LogP contribution in [0.5, 0.6) is 0 Å². The average Bonchev–Trinajstić information content (AvgIpc) is 2.15. The predicted molar refractivity (Wildman–Crippen MR) is 48.0 cm³/mol. The summed E-state index contributed by atoms with van der Waals surface area (Å²) in [4.78, 5) is 14.1. The molecule has 70 valence electrons. The molecular weight excluding hydrogens is 168 g/mol. The number of hydrogen-bond acceptors (Lipinski definition) is 3. The van der Waals surface area contributed by atoms with E-state index in [0.717, 1.165) is 5.56 Å². The van der Waals surface area contributed by atoms with Crippen molar-refractivity contribution in [3.8, 4) is 0 Å². The molecule has 0 saturated heterocycles. The van der Waals surface area contributed by atoms with E-state index in [4.69, 9.17) is 10.8 Å². The molecule has 0 aromatic carbocycles. The number of nitrogens with zero attached hydrogens (tertiary/aromatic N) is 1. The summed E-state index contributed by atoms with van der Waals surface area (Å²) in [6, 6.07) is 3.39. The first-order valence-corrected chi connectivity index (χ1v) is 4.07. The number of rotatable bonds is 4. The van der Waals surface area contributed by atoms with Gasteiger partial charge in [-0.15, -0.1) is 0 Å². The Hall–Kier alpha value is -1.42. The van der Waals surface area contributed by atoms with Gasteiger partial charge >= 0.3 is 5.97 Å². The quantitative estimate of drug-likeness (QED) is 0.723. The third-order valence-electron chi connectivity index (χ3n) is 1.80. The molecule has 1 rings (SSSR count). The van der Waals surface area contributed by atoms with Crippen molar-refractivity contribution < 1.29 is 9.90 Å². The van der Waals surface area contributed by atoms with Gasteiger partial charge in [0.1, 0.15) is 0 Å². The molecule has 4 nitrogen and oxygen atoms in total. The third-order valence-corrected chi connectivity index (χ3v) is 1.80. The highest BCUT2D eigenvalue weighted by atomic mass is 16.4. The molecule has 1 aromatic rings. The molecule has 0 bridgehead atoms. The van der Waals surface area contributed by atoms with Gasteiger partial charge in [0.25, 0.3) is 0 Å². The van der Waals surface area contributed by atoms with Crippen LogP contribution in [0.3, 0.4) is 0 Å². The summed E-state index contributed by atoms with van der Waals surface area (Å²) in [7, 11) is 0. The SMILES string of the molecule is NC(CCC(=O)O)c1ccncc1. The second-order valence-electron chi connectivity index (χ2n) is 2.82. The van der Waals surface area contributed by atoms with Gasteiger partial charge in [-0.25, -0.2) is 0 Å². The van der Waals surface area contributed by atoms with Gasteiger partial charge in [0.15, 0.2) is 0 Å². The summed E-state index contributed by atoms with van der Waals surface area (Å²) in [5.41, 5.74) is 6.68. The first-order chi connectivity index (χ1) is 6.20. The fourth-order valence-corrected chi connectivity index (χ4v) is 1.06. The number of carbonyl (C=O) groups is 1. The van der Waals surface area contributed by atoms with Crippen LogP contribution in [0.15, 0.2) is 24.5 Å². The molecular formula is C9H12N2O2. The average molecular weight is 180 g/mol. The van der Waals surface area contributed by atoms with Crippen molar-refractivity contribution in [3.05, 3.63) is 30.1 Å². The smallest absolute Gasteiger partial charge is 0.303 e. The van der Waals surface area contributed by atoms with E-state index in [1.54, 1.807) is 24.5 Å². The van der Waals surface area contributed by atoms with Crippen molar-refractivity contribution in [1.29, 1.82) is 0 Å². The molecule has 1 atom stereocenters. The van der Waals surface area contributed by atoms with E-state index in [1.807, 2.05) is 0 Å². The number of aliphatic carboxylic acids is 1. The van der Waals surface area contributed by atoms with E-state index in [9.17, 15) is 4.79 Å². The molecule has 1 aromatic heterocycles. The lowest BCUT2D eigenvalue weighted by Crippen LogP contribution is -2.12. The van der Waals surface area contributed by atoms with Crippen LogP contribution in [-0.4, -0.2) is 16.1 Å². The van der Waals surface area contributed by atoms with E-state index in [-0.39, 0.29) is 12.5 Å². The second kappa shape index (κ2) is 4.57. The Morgan fingerprint density at radius 3 is 2.69 bits per heavy atom. The molecule has 0 saturated carbocycles. The van der Waals surface area contributed by atoms with Crippen LogP contribution in [0.2, 0.25) is 0 Å². The Labute approximate surface area is 76.4 Å². The van der Waals surface area contributed by atoms with Crippen LogP contribution in [0, 0.1) is 0 Å². The molecule has 0 aliphatic heterocycles. The second-order valence-corrected chi connectivity index (χ2v) is 2.82. The van der Waals surface area contributed by atoms with E-state index in [1.165, 1.54) is 0 Å². The summed E-state index contributed by atoms with van der Waals surface area (Å²) >= 11 is 0. The Morgan fingerprint density at radius 2 is 2.15 bits per heavy atom. The topological polar surface area (TPSA) is 76.2 Å². The van der Waals surface area contributed by atoms with Gasteiger partial charge in [0.2, 0.25) is 0 Å². The summed E-state index contributed by atoms with van der Waals surface area (Å²) in [6.07, 6.45) is 3.86. The minimum atomic E-state index is -0.815. The highest BCUT2D eigenvalue weighted by molar-refractivity contribution is 5.66. The lowest BCUT2D eigenvalue weighted by atomic mass is 10.0. The fourth-order valence-electron chi connectivity index (χ4n) is 1.06. The maximum Gasteiger partial charge on any atom is 0.303 e. The molecule has 0 aliphatic rings. The summed E-state index contributed by atoms with van der Waals surface area (Å²) in [5.74, 6) is -0.815. The molecule has 1 unspecified atom stereocenters. The highest BCUT2D eigenvalue weighted by Crippen LogP contribution is 2.13. The van der Waals surface area contributed by atoms with Crippen LogP contribution < -0.4 is 5.73 Å². The Kier molecular flexibility index (Phi) is 3.40. The van der Waals surface area contributed by atoms with Crippen LogP contribution in [0.4, 0.5) is 0 Å². The van der Waals surface area contributed by atoms with Crippen molar-refractivity contribution in [3.63, 3.8) is 0 Å². The maximum atomic E-state index is 10.3. The third kappa shape index (κ3) is 3.21. The van der Waals surface area contributed by atoms with E-state index >= 15 is 0 Å². The zero-order valence-electron chi connectivity index (χ0n) is 7.18. The molecule has 0 aliphatic carbocycles. The Morgan fingerprint density at radius 1 is 1.54 bits per heavy atom. The number of nitrogens with two attached hydrogens (primary N) is 1. The first-order valence-electron chi connectivity index (χ1n) is 4.07. The minimum Gasteiger partial charge on any atom is -0.481 e. The number of aromatic nitrogens is 1. The summed E-state index contributed by atoms with van der Waals surface area (Å²) in [5, 5.41) is 8.44. The van der Waals surface area contributed by atoms with E-state index in [0.29, 0.717) is 6.42 Å². The van der Waals surface area contributed by atoms with Crippen LogP contribution in [0.1, 0.15) is 24.4 Å². The van der Waals surface area contributed by atoms with Gasteiger partial charge in [0, 0.05) is 24.9 Å². The fraction of sp³-hybridized carbons (Fsp3) is 0.333. The van der Waals surface area contributed by atoms with Crippen molar-refractivity contribution in [2.24, 2.45) is 5.73 Å². The van der Waals surface area contributed by atoms with E-state index < -0.39 is 5.97 Å². The molecule has 4 heteroatoms. The number of carboxylic acid groups (broad SMARTS) is 1. The van der Waals surface area contributed by atoms with Crippen molar-refractivity contribution >= 4 is 5.97 Å². The normalized spacial score (nSPS) is 12.4. The molecule has 0 amide bonds. The minimum absolute atomic E-state index is 0.101.